The molecule has 1 N–H and O–H groups in total. The Bertz CT molecular complexity index is 77.9. The first-order valence-electron chi connectivity index (χ1n) is 7.70. The van der Waals surface area contributed by atoms with E-state index in [4.69, 9.17) is 5.11 Å². The zero-order chi connectivity index (χ0) is 16.2. The summed E-state index contributed by atoms with van der Waals surface area (Å²) < 4.78 is 0. The number of hydrogen-bond acceptors (Lipinski definition) is 2. The number of aliphatic hydroxyl groups excluding tert-OH is 1. The molecule has 0 bridgehead atoms. The van der Waals surface area contributed by atoms with Gasteiger partial charge in [0.05, 0.1) is 0 Å². The van der Waals surface area contributed by atoms with Crippen molar-refractivity contribution < 1.29 is 312 Å². The van der Waals surface area contributed by atoms with Gasteiger partial charge in [-0.05, 0) is 6.42 Å². The Morgan fingerprint density at radius 3 is 0.562 bits per heavy atom. The van der Waals surface area contributed by atoms with Crippen LogP contribution in [0, 0.1) is 302 Å². The molecule has 0 aromatic rings. The third-order valence-corrected chi connectivity index (χ3v) is 0.390. The summed E-state index contributed by atoms with van der Waals surface area (Å²) in [5.74, 6) is 0. The third-order valence-electron chi connectivity index (χ3n) is 0.390. The van der Waals surface area contributed by atoms with Crippen molar-refractivity contribution in [1.82, 2.24) is 0 Å². The van der Waals surface area contributed by atoms with E-state index in [1.54, 1.807) is 0 Å². The predicted molar refractivity (Wildman–Crippen MR) is 129 cm³/mol. The molecule has 0 aliphatic rings. The summed E-state index contributed by atoms with van der Waals surface area (Å²) in [5.41, 5.74) is 0. The first-order valence-corrected chi connectivity index (χ1v) is 7.70. The molecule has 0 fully saturated rings. The van der Waals surface area contributed by atoms with Gasteiger partial charge in [-0.1, -0.05) is 127 Å². The topological polar surface area (TPSA) is 37.3 Å². The molecule has 0 aliphatic carbocycles. The summed E-state index contributed by atoms with van der Waals surface area (Å²) >= 11 is 0. The minimum Gasteiger partial charge on any atom is -0.396 e. The summed E-state index contributed by atoms with van der Waals surface area (Å²) in [6.07, 6.45) is 4.89. The Balaban J connectivity index is -0.00000000279. The number of aliphatic hydroxyl groups is 1. The maximum atomic E-state index is 9.17. The van der Waals surface area contributed by atoms with Crippen molar-refractivity contribution in [2.24, 2.45) is 0 Å². The fourth-order valence-electron chi connectivity index (χ4n) is 0. The average Bonchev–Trinajstić information content (AvgIpc) is 2.45. The summed E-state index contributed by atoms with van der Waals surface area (Å²) in [5, 5.41) is 7.88. The Morgan fingerprint density at radius 1 is 0.500 bits per heavy atom. The van der Waals surface area contributed by atoms with Crippen molar-refractivity contribution in [2.45, 2.75) is 139 Å². The van der Waals surface area contributed by atoms with E-state index in [1.807, 2.05) is 41.5 Å². The van der Waals surface area contributed by atoms with E-state index in [0.717, 1.165) is 12.7 Å². The van der Waals surface area contributed by atoms with Gasteiger partial charge in [-0.2, -0.15) is 0 Å². The molecule has 0 aromatic heterocycles. The molecule has 0 aliphatic heterocycles. The number of aldehydes is 1. The number of carbonyl (C=O) groups is 1. The Morgan fingerprint density at radius 2 is 0.562 bits per heavy atom. The van der Waals surface area contributed by atoms with E-state index >= 15 is 0 Å². The van der Waals surface area contributed by atoms with Crippen molar-refractivity contribution in [1.29, 1.82) is 0 Å². The molecule has 2 nitrogen and oxygen atoms in total. The Hall–Kier alpha value is 9.71. The zero-order valence-electron chi connectivity index (χ0n) is 17.8. The molecule has 0 spiro atoms. The van der Waals surface area contributed by atoms with E-state index in [1.165, 1.54) is 12.8 Å². The molecule has 0 radical (unpaired) electrons. The van der Waals surface area contributed by atoms with Crippen LogP contribution >= 0.6 is 0 Å². The second kappa shape index (κ2) is 260. The van der Waals surface area contributed by atoms with E-state index < -0.39 is 0 Å². The van der Waals surface area contributed by atoms with Crippen LogP contribution in [0.3, 0.4) is 0 Å². The molecule has 0 aromatic carbocycles. The molecular formula is C22H66Ar8O2. The molecule has 0 saturated carbocycles. The second-order valence-corrected chi connectivity index (χ2v) is 2.71. The van der Waals surface area contributed by atoms with Gasteiger partial charge in [0, 0.05) is 315 Å². The molecule has 10 heteroatoms. The van der Waals surface area contributed by atoms with Gasteiger partial charge >= 0.3 is 0 Å². The van der Waals surface area contributed by atoms with Crippen LogP contribution in [0.5, 0.6) is 0 Å². The van der Waals surface area contributed by atoms with Crippen LogP contribution in [-0.4, -0.2) is 18.0 Å². The summed E-state index contributed by atoms with van der Waals surface area (Å²) in [4.78, 5) is 9.17. The SMILES string of the molecule is C.C.C.C.C.C.CC.CC.CCC.CCC.CCC=O.CCCO.[Ar].[Ar].[Ar].[Ar].[Ar].[Ar].[Ar].[Ar]. The number of hydrogen-bond donors (Lipinski definition) is 1. The monoisotopic (exact) mass is 682 g/mol. The molecule has 0 rings (SSSR count). The van der Waals surface area contributed by atoms with Gasteiger partial charge in [0.1, 0.15) is 6.29 Å². The zero-order valence-corrected chi connectivity index (χ0v) is 23.5. The minimum absolute atomic E-state index is 0. The first-order chi connectivity index (χ1) is 8.66. The van der Waals surface area contributed by atoms with E-state index in [2.05, 4.69) is 27.7 Å². The van der Waals surface area contributed by atoms with E-state index in [9.17, 15) is 4.79 Å². The van der Waals surface area contributed by atoms with Crippen LogP contribution in [0.15, 0.2) is 0 Å². The minimum atomic E-state index is 0. The predicted octanol–water partition coefficient (Wildman–Crippen LogP) is 9.69. The van der Waals surface area contributed by atoms with Crippen molar-refractivity contribution in [2.75, 3.05) is 6.61 Å². The second-order valence-electron chi connectivity index (χ2n) is 2.71. The standard InChI is InChI=1S/C3H8O.C3H6O.2C3H8.2C2H6.6CH4.8Ar/c2*1-2-3-4;2*1-3-2;2*1-2;;;;;;;;;;;;;;/h4H,2-3H2,1H3;3H,2H2,1H3;2*3H2,1-2H3;2*1-2H3;6*1H4;;;;;;;;. The van der Waals surface area contributed by atoms with Gasteiger partial charge < -0.3 is 9.90 Å². The maximum absolute atomic E-state index is 9.17. The molecule has 0 amide bonds. The molecule has 0 saturated heterocycles. The Kier molecular flexibility index (Phi) is 1190. The molecule has 0 atom stereocenters. The van der Waals surface area contributed by atoms with E-state index in [0.29, 0.717) is 13.0 Å². The first kappa shape index (κ1) is 147. The van der Waals surface area contributed by atoms with Crippen molar-refractivity contribution in [3.63, 3.8) is 0 Å². The molecule has 230 valence electrons. The van der Waals surface area contributed by atoms with Crippen LogP contribution in [0.1, 0.15) is 139 Å². The van der Waals surface area contributed by atoms with Crippen LogP contribution in [-0.2, 0) is 4.79 Å². The summed E-state index contributed by atoms with van der Waals surface area (Å²) in [6.45, 7) is 20.6. The fraction of sp³-hybridized carbons (Fsp3) is 0.955. The summed E-state index contributed by atoms with van der Waals surface area (Å²) in [6, 6.07) is 0. The van der Waals surface area contributed by atoms with Gasteiger partial charge in [-0.3, -0.25) is 0 Å². The largest absolute Gasteiger partial charge is 0.396 e. The Labute approximate surface area is 451 Å². The molecular weight excluding hydrogens is 616 g/mol. The summed E-state index contributed by atoms with van der Waals surface area (Å²) in [7, 11) is 0. The fourth-order valence-corrected chi connectivity index (χ4v) is 0. The third kappa shape index (κ3) is 434. The average molecular weight is 682 g/mol. The van der Waals surface area contributed by atoms with Gasteiger partial charge in [0.25, 0.3) is 0 Å². The van der Waals surface area contributed by atoms with Crippen LogP contribution in [0.2, 0.25) is 0 Å². The van der Waals surface area contributed by atoms with Gasteiger partial charge in [-0.25, -0.2) is 0 Å². The van der Waals surface area contributed by atoms with E-state index in [-0.39, 0.29) is 346 Å². The van der Waals surface area contributed by atoms with Gasteiger partial charge in [0.15, 0.2) is 0 Å². The van der Waals surface area contributed by atoms with Gasteiger partial charge in [-0.15, -0.1) is 0 Å². The number of rotatable bonds is 2. The van der Waals surface area contributed by atoms with Crippen LogP contribution in [0.25, 0.3) is 0 Å². The maximum Gasteiger partial charge on any atom is 0.119 e. The molecule has 0 unspecified atom stereocenters. The van der Waals surface area contributed by atoms with Crippen molar-refractivity contribution in [3.8, 4) is 0 Å². The quantitative estimate of drug-likeness (QED) is 0.295. The molecule has 32 heavy (non-hydrogen) atoms. The van der Waals surface area contributed by atoms with Gasteiger partial charge in [0.2, 0.25) is 0 Å². The normalized spacial score (nSPS) is 3.22. The van der Waals surface area contributed by atoms with Crippen molar-refractivity contribution >= 4 is 6.29 Å². The molecule has 0 heterocycles. The van der Waals surface area contributed by atoms with Crippen molar-refractivity contribution in [3.05, 3.63) is 0 Å². The van der Waals surface area contributed by atoms with Crippen LogP contribution < -0.4 is 0 Å². The smallest absolute Gasteiger partial charge is 0.119 e. The number of carbonyl (C=O) groups excluding carboxylic acids is 1. The van der Waals surface area contributed by atoms with Crippen LogP contribution in [0.4, 0.5) is 0 Å².